The minimum Gasteiger partial charge on any atom is -0.496 e. The second-order valence-electron chi connectivity index (χ2n) is 2.70. The minimum atomic E-state index is -0.799. The van der Waals surface area contributed by atoms with Gasteiger partial charge in [-0.15, -0.1) is 0 Å². The molecule has 0 heterocycles. The first-order valence-electron chi connectivity index (χ1n) is 4.01. The minimum absolute atomic E-state index is 0.0585. The van der Waals surface area contributed by atoms with Crippen LogP contribution >= 0.6 is 0 Å². The summed E-state index contributed by atoms with van der Waals surface area (Å²) in [5.41, 5.74) is 5.10. The van der Waals surface area contributed by atoms with Crippen molar-refractivity contribution in [3.8, 4) is 11.8 Å². The van der Waals surface area contributed by atoms with Crippen LogP contribution in [0, 0.1) is 11.3 Å². The summed E-state index contributed by atoms with van der Waals surface area (Å²) in [6.07, 6.45) is 0.491. The number of aldehydes is 1. The fourth-order valence-corrected chi connectivity index (χ4v) is 1.23. The van der Waals surface area contributed by atoms with Gasteiger partial charge in [-0.3, -0.25) is 9.59 Å². The number of methoxy groups -OCH3 is 1. The highest BCUT2D eigenvalue weighted by Gasteiger charge is 2.17. The molecule has 0 fully saturated rings. The van der Waals surface area contributed by atoms with Gasteiger partial charge in [-0.1, -0.05) is 0 Å². The zero-order valence-electron chi connectivity index (χ0n) is 7.98. The molecule has 2 N–H and O–H groups in total. The third kappa shape index (κ3) is 1.79. The van der Waals surface area contributed by atoms with Crippen molar-refractivity contribution in [3.63, 3.8) is 0 Å². The molecular formula is C10H8N2O3. The lowest BCUT2D eigenvalue weighted by Gasteiger charge is -2.08. The quantitative estimate of drug-likeness (QED) is 0.724. The summed E-state index contributed by atoms with van der Waals surface area (Å²) < 4.78 is 4.88. The molecule has 0 unspecified atom stereocenters. The summed E-state index contributed by atoms with van der Waals surface area (Å²) in [6.45, 7) is 0. The van der Waals surface area contributed by atoms with E-state index >= 15 is 0 Å². The van der Waals surface area contributed by atoms with Gasteiger partial charge in [-0.2, -0.15) is 5.26 Å². The maximum atomic E-state index is 11.1. The number of ether oxygens (including phenoxy) is 1. The van der Waals surface area contributed by atoms with Crippen LogP contribution in [0.15, 0.2) is 12.1 Å². The van der Waals surface area contributed by atoms with Gasteiger partial charge in [-0.05, 0) is 12.1 Å². The van der Waals surface area contributed by atoms with E-state index in [1.165, 1.54) is 19.2 Å². The Morgan fingerprint density at radius 1 is 1.60 bits per heavy atom. The van der Waals surface area contributed by atoms with Crippen LogP contribution in [0.2, 0.25) is 0 Å². The molecule has 0 saturated carbocycles. The Hall–Kier alpha value is -2.35. The van der Waals surface area contributed by atoms with Crippen molar-refractivity contribution in [2.75, 3.05) is 7.11 Å². The Bertz CT molecular complexity index is 460. The van der Waals surface area contributed by atoms with Gasteiger partial charge in [0.15, 0.2) is 6.29 Å². The van der Waals surface area contributed by atoms with Gasteiger partial charge in [-0.25, -0.2) is 0 Å². The smallest absolute Gasteiger partial charge is 0.253 e. The standard InChI is InChI=1S/C10H8N2O3/c1-15-8-3-2-6(5-13)7(4-11)9(8)10(12)14/h2-3,5H,1H3,(H2,12,14). The van der Waals surface area contributed by atoms with E-state index in [-0.39, 0.29) is 22.4 Å². The van der Waals surface area contributed by atoms with Crippen molar-refractivity contribution in [2.45, 2.75) is 0 Å². The molecule has 15 heavy (non-hydrogen) atoms. The lowest BCUT2D eigenvalue weighted by atomic mass is 10.0. The summed E-state index contributed by atoms with van der Waals surface area (Å²) in [5, 5.41) is 8.83. The molecule has 1 rings (SSSR count). The first kappa shape index (κ1) is 10.7. The molecule has 0 aliphatic carbocycles. The van der Waals surface area contributed by atoms with Crippen molar-refractivity contribution in [1.82, 2.24) is 0 Å². The van der Waals surface area contributed by atoms with E-state index in [9.17, 15) is 9.59 Å². The third-order valence-corrected chi connectivity index (χ3v) is 1.90. The molecule has 0 aliphatic rings. The maximum Gasteiger partial charge on any atom is 0.253 e. The van der Waals surface area contributed by atoms with Gasteiger partial charge in [0.25, 0.3) is 5.91 Å². The Kier molecular flexibility index (Phi) is 3.03. The van der Waals surface area contributed by atoms with Crippen LogP contribution in [0.25, 0.3) is 0 Å². The van der Waals surface area contributed by atoms with Gasteiger partial charge in [0, 0.05) is 5.56 Å². The molecule has 0 radical (unpaired) electrons. The fourth-order valence-electron chi connectivity index (χ4n) is 1.23. The van der Waals surface area contributed by atoms with E-state index in [4.69, 9.17) is 15.7 Å². The molecule has 1 amide bonds. The van der Waals surface area contributed by atoms with Crippen LogP contribution in [0.4, 0.5) is 0 Å². The Morgan fingerprint density at radius 3 is 2.67 bits per heavy atom. The Labute approximate surface area is 86.1 Å². The number of nitriles is 1. The summed E-state index contributed by atoms with van der Waals surface area (Å²) in [7, 11) is 1.35. The Morgan fingerprint density at radius 2 is 2.27 bits per heavy atom. The lowest BCUT2D eigenvalue weighted by Crippen LogP contribution is -2.15. The number of hydrogen-bond acceptors (Lipinski definition) is 4. The number of amides is 1. The average Bonchev–Trinajstić information content (AvgIpc) is 2.26. The Balaban J connectivity index is 3.60. The van der Waals surface area contributed by atoms with Crippen LogP contribution in [0.1, 0.15) is 26.3 Å². The summed E-state index contributed by atoms with van der Waals surface area (Å²) >= 11 is 0. The summed E-state index contributed by atoms with van der Waals surface area (Å²) in [5.74, 6) is -0.614. The molecule has 0 atom stereocenters. The molecule has 1 aromatic rings. The highest BCUT2D eigenvalue weighted by molar-refractivity contribution is 6.00. The van der Waals surface area contributed by atoms with Crippen LogP contribution in [0.3, 0.4) is 0 Å². The molecular weight excluding hydrogens is 196 g/mol. The van der Waals surface area contributed by atoms with Crippen LogP contribution < -0.4 is 10.5 Å². The van der Waals surface area contributed by atoms with Gasteiger partial charge in [0.1, 0.15) is 11.8 Å². The molecule has 1 aromatic carbocycles. The molecule has 0 spiro atoms. The first-order valence-corrected chi connectivity index (χ1v) is 4.01. The van der Waals surface area contributed by atoms with Crippen molar-refractivity contribution in [3.05, 3.63) is 28.8 Å². The van der Waals surface area contributed by atoms with Gasteiger partial charge < -0.3 is 10.5 Å². The number of primary amides is 1. The largest absolute Gasteiger partial charge is 0.496 e. The van der Waals surface area contributed by atoms with Gasteiger partial charge in [0.05, 0.1) is 18.2 Å². The van der Waals surface area contributed by atoms with Crippen LogP contribution in [0.5, 0.6) is 5.75 Å². The van der Waals surface area contributed by atoms with E-state index in [1.807, 2.05) is 0 Å². The summed E-state index contributed by atoms with van der Waals surface area (Å²) in [6, 6.07) is 4.58. The van der Waals surface area contributed by atoms with Crippen molar-refractivity contribution < 1.29 is 14.3 Å². The lowest BCUT2D eigenvalue weighted by molar-refractivity contribution is 0.0997. The van der Waals surface area contributed by atoms with E-state index in [0.717, 1.165) is 0 Å². The van der Waals surface area contributed by atoms with Crippen molar-refractivity contribution in [1.29, 1.82) is 5.26 Å². The van der Waals surface area contributed by atoms with Gasteiger partial charge >= 0.3 is 0 Å². The average molecular weight is 204 g/mol. The monoisotopic (exact) mass is 204 g/mol. The molecule has 76 valence electrons. The van der Waals surface area contributed by atoms with Gasteiger partial charge in [0.2, 0.25) is 0 Å². The van der Waals surface area contributed by atoms with Crippen LogP contribution in [-0.4, -0.2) is 19.3 Å². The molecule has 5 heteroatoms. The van der Waals surface area contributed by atoms with Crippen molar-refractivity contribution in [2.24, 2.45) is 5.73 Å². The number of carbonyl (C=O) groups is 2. The number of rotatable bonds is 3. The highest BCUT2D eigenvalue weighted by atomic mass is 16.5. The maximum absolute atomic E-state index is 11.1. The summed E-state index contributed by atoms with van der Waals surface area (Å²) in [4.78, 5) is 21.7. The number of nitrogens with two attached hydrogens (primary N) is 1. The van der Waals surface area contributed by atoms with E-state index in [0.29, 0.717) is 6.29 Å². The number of carbonyl (C=O) groups excluding carboxylic acids is 2. The highest BCUT2D eigenvalue weighted by Crippen LogP contribution is 2.23. The number of benzene rings is 1. The third-order valence-electron chi connectivity index (χ3n) is 1.90. The predicted molar refractivity (Wildman–Crippen MR) is 51.6 cm³/mol. The SMILES string of the molecule is COc1ccc(C=O)c(C#N)c1C(N)=O. The molecule has 0 aliphatic heterocycles. The molecule has 0 bridgehead atoms. The van der Waals surface area contributed by atoms with E-state index in [2.05, 4.69) is 0 Å². The second-order valence-corrected chi connectivity index (χ2v) is 2.70. The normalized spacial score (nSPS) is 9.07. The zero-order chi connectivity index (χ0) is 11.4. The van der Waals surface area contributed by atoms with E-state index in [1.54, 1.807) is 6.07 Å². The van der Waals surface area contributed by atoms with Crippen molar-refractivity contribution >= 4 is 12.2 Å². The van der Waals surface area contributed by atoms with E-state index < -0.39 is 5.91 Å². The second kappa shape index (κ2) is 4.24. The molecule has 0 saturated heterocycles. The topological polar surface area (TPSA) is 93.2 Å². The molecule has 0 aromatic heterocycles. The first-order chi connectivity index (χ1) is 7.15. The predicted octanol–water partition coefficient (Wildman–Crippen LogP) is 0.478. The molecule has 5 nitrogen and oxygen atoms in total. The number of nitrogens with zero attached hydrogens (tertiary/aromatic N) is 1. The zero-order valence-corrected chi connectivity index (χ0v) is 7.98. The van der Waals surface area contributed by atoms with Crippen LogP contribution in [-0.2, 0) is 0 Å². The number of hydrogen-bond donors (Lipinski definition) is 1. The fraction of sp³-hybridized carbons (Fsp3) is 0.100.